The number of methoxy groups -OCH3 is 1. The van der Waals surface area contributed by atoms with Gasteiger partial charge in [0.2, 0.25) is 0 Å². The fraction of sp³-hybridized carbons (Fsp3) is 0.353. The summed E-state index contributed by atoms with van der Waals surface area (Å²) >= 11 is 0. The van der Waals surface area contributed by atoms with Crippen molar-refractivity contribution in [2.45, 2.75) is 13.0 Å². The summed E-state index contributed by atoms with van der Waals surface area (Å²) in [7, 11) is 5.65. The molecule has 1 unspecified atom stereocenters. The average Bonchev–Trinajstić information content (AvgIpc) is 2.56. The van der Waals surface area contributed by atoms with Crippen LogP contribution in [0.4, 0.5) is 11.5 Å². The van der Waals surface area contributed by atoms with Gasteiger partial charge in [0.25, 0.3) is 5.69 Å². The lowest BCUT2D eigenvalue weighted by Crippen LogP contribution is -2.27. The van der Waals surface area contributed by atoms with E-state index in [1.165, 1.54) is 12.3 Å². The Balaban J connectivity index is 2.16. The third-order valence-corrected chi connectivity index (χ3v) is 3.84. The Morgan fingerprint density at radius 2 is 2.12 bits per heavy atom. The van der Waals surface area contributed by atoms with E-state index < -0.39 is 4.92 Å². The van der Waals surface area contributed by atoms with Crippen molar-refractivity contribution in [1.82, 2.24) is 9.88 Å². The van der Waals surface area contributed by atoms with Crippen LogP contribution in [0.25, 0.3) is 0 Å². The molecule has 2 rings (SSSR count). The second-order valence-electron chi connectivity index (χ2n) is 5.75. The van der Waals surface area contributed by atoms with E-state index in [0.717, 1.165) is 16.9 Å². The molecule has 7 nitrogen and oxygen atoms in total. The van der Waals surface area contributed by atoms with Crippen molar-refractivity contribution >= 4 is 11.5 Å². The maximum Gasteiger partial charge on any atom is 0.287 e. The Morgan fingerprint density at radius 3 is 2.71 bits per heavy atom. The Kier molecular flexibility index (Phi) is 5.70. The monoisotopic (exact) mass is 330 g/mol. The fourth-order valence-electron chi connectivity index (χ4n) is 2.49. The summed E-state index contributed by atoms with van der Waals surface area (Å²) in [6.45, 7) is 2.42. The molecular formula is C17H22N4O3. The first-order chi connectivity index (χ1) is 11.4. The summed E-state index contributed by atoms with van der Waals surface area (Å²) in [5.41, 5.74) is 1.86. The average molecular weight is 330 g/mol. The second-order valence-corrected chi connectivity index (χ2v) is 5.75. The quantitative estimate of drug-likeness (QED) is 0.621. The van der Waals surface area contributed by atoms with Gasteiger partial charge in [-0.2, -0.15) is 0 Å². The summed E-state index contributed by atoms with van der Waals surface area (Å²) in [5.74, 6) is 1.46. The SMILES string of the molecule is COc1cccc(C(CNc2ncc([N+](=O)[O-])cc2C)N(C)C)c1. The van der Waals surface area contributed by atoms with Crippen LogP contribution in [0.3, 0.4) is 0 Å². The number of pyridine rings is 1. The molecule has 1 N–H and O–H groups in total. The van der Waals surface area contributed by atoms with Gasteiger partial charge in [0.05, 0.1) is 18.1 Å². The van der Waals surface area contributed by atoms with E-state index in [-0.39, 0.29) is 11.7 Å². The highest BCUT2D eigenvalue weighted by molar-refractivity contribution is 5.48. The number of aromatic nitrogens is 1. The van der Waals surface area contributed by atoms with Crippen molar-refractivity contribution in [3.63, 3.8) is 0 Å². The molecular weight excluding hydrogens is 308 g/mol. The van der Waals surface area contributed by atoms with E-state index >= 15 is 0 Å². The highest BCUT2D eigenvalue weighted by atomic mass is 16.6. The van der Waals surface area contributed by atoms with Gasteiger partial charge in [-0.3, -0.25) is 10.1 Å². The zero-order valence-electron chi connectivity index (χ0n) is 14.3. The van der Waals surface area contributed by atoms with Crippen LogP contribution in [0.1, 0.15) is 17.2 Å². The first-order valence-corrected chi connectivity index (χ1v) is 7.57. The van der Waals surface area contributed by atoms with E-state index in [1.807, 2.05) is 38.4 Å². The van der Waals surface area contributed by atoms with Crippen molar-refractivity contribution in [3.05, 3.63) is 57.8 Å². The molecule has 7 heteroatoms. The third kappa shape index (κ3) is 4.20. The van der Waals surface area contributed by atoms with Gasteiger partial charge in [0.1, 0.15) is 17.8 Å². The fourth-order valence-corrected chi connectivity index (χ4v) is 2.49. The van der Waals surface area contributed by atoms with Crippen LogP contribution in [0.5, 0.6) is 5.75 Å². The highest BCUT2D eigenvalue weighted by Gasteiger charge is 2.16. The molecule has 1 aromatic carbocycles. The molecule has 0 saturated heterocycles. The van der Waals surface area contributed by atoms with Crippen LogP contribution in [-0.4, -0.2) is 42.6 Å². The van der Waals surface area contributed by atoms with E-state index in [4.69, 9.17) is 4.74 Å². The minimum absolute atomic E-state index is 0.00462. The minimum Gasteiger partial charge on any atom is -0.497 e. The van der Waals surface area contributed by atoms with Crippen LogP contribution in [0, 0.1) is 17.0 Å². The predicted molar refractivity (Wildman–Crippen MR) is 93.5 cm³/mol. The molecule has 0 aliphatic rings. The maximum atomic E-state index is 10.8. The number of ether oxygens (including phenoxy) is 1. The van der Waals surface area contributed by atoms with Crippen molar-refractivity contribution in [1.29, 1.82) is 0 Å². The number of nitrogens with one attached hydrogen (secondary N) is 1. The molecule has 1 atom stereocenters. The van der Waals surface area contributed by atoms with Crippen LogP contribution in [0.15, 0.2) is 36.5 Å². The molecule has 0 radical (unpaired) electrons. The van der Waals surface area contributed by atoms with Gasteiger partial charge in [0, 0.05) is 12.6 Å². The topological polar surface area (TPSA) is 80.5 Å². The van der Waals surface area contributed by atoms with Crippen LogP contribution in [-0.2, 0) is 0 Å². The van der Waals surface area contributed by atoms with Gasteiger partial charge in [-0.05, 0) is 44.3 Å². The Bertz CT molecular complexity index is 719. The third-order valence-electron chi connectivity index (χ3n) is 3.84. The number of nitro groups is 1. The summed E-state index contributed by atoms with van der Waals surface area (Å²) in [6.07, 6.45) is 1.27. The van der Waals surface area contributed by atoms with Gasteiger partial charge in [-0.15, -0.1) is 0 Å². The van der Waals surface area contributed by atoms with E-state index in [1.54, 1.807) is 14.0 Å². The summed E-state index contributed by atoms with van der Waals surface area (Å²) in [5, 5.41) is 14.1. The standard InChI is InChI=1S/C17H22N4O3/c1-12-8-14(21(22)23)10-18-17(12)19-11-16(20(2)3)13-6-5-7-15(9-13)24-4/h5-10,16H,11H2,1-4H3,(H,18,19). The molecule has 2 aromatic rings. The largest absolute Gasteiger partial charge is 0.497 e. The van der Waals surface area contributed by atoms with Crippen molar-refractivity contribution in [2.75, 3.05) is 33.1 Å². The minimum atomic E-state index is -0.442. The van der Waals surface area contributed by atoms with E-state index in [9.17, 15) is 10.1 Å². The van der Waals surface area contributed by atoms with Crippen LogP contribution >= 0.6 is 0 Å². The molecule has 0 amide bonds. The number of nitrogens with zero attached hydrogens (tertiary/aromatic N) is 3. The molecule has 1 aromatic heterocycles. The molecule has 128 valence electrons. The summed E-state index contributed by atoms with van der Waals surface area (Å²) < 4.78 is 5.29. The maximum absolute atomic E-state index is 10.8. The molecule has 0 saturated carbocycles. The van der Waals surface area contributed by atoms with E-state index in [2.05, 4.69) is 15.2 Å². The first kappa shape index (κ1) is 17.7. The van der Waals surface area contributed by atoms with Crippen molar-refractivity contribution < 1.29 is 9.66 Å². The Morgan fingerprint density at radius 1 is 1.38 bits per heavy atom. The molecule has 0 spiro atoms. The summed E-state index contributed by atoms with van der Waals surface area (Å²) in [6, 6.07) is 9.54. The number of anilines is 1. The number of likely N-dealkylation sites (N-methyl/N-ethyl adjacent to an activating group) is 1. The van der Waals surface area contributed by atoms with Crippen molar-refractivity contribution in [3.8, 4) is 5.75 Å². The van der Waals surface area contributed by atoms with Gasteiger partial charge < -0.3 is 15.0 Å². The smallest absolute Gasteiger partial charge is 0.287 e. The molecule has 0 fully saturated rings. The second kappa shape index (κ2) is 7.74. The number of hydrogen-bond donors (Lipinski definition) is 1. The van der Waals surface area contributed by atoms with Crippen LogP contribution in [0.2, 0.25) is 0 Å². The number of hydrogen-bond acceptors (Lipinski definition) is 6. The zero-order chi connectivity index (χ0) is 17.7. The Labute approximate surface area is 141 Å². The molecule has 0 bridgehead atoms. The van der Waals surface area contributed by atoms with E-state index in [0.29, 0.717) is 12.4 Å². The van der Waals surface area contributed by atoms with Gasteiger partial charge >= 0.3 is 0 Å². The van der Waals surface area contributed by atoms with Gasteiger partial charge in [0.15, 0.2) is 0 Å². The molecule has 0 aliphatic carbocycles. The first-order valence-electron chi connectivity index (χ1n) is 7.57. The summed E-state index contributed by atoms with van der Waals surface area (Å²) in [4.78, 5) is 16.6. The van der Waals surface area contributed by atoms with Gasteiger partial charge in [-0.25, -0.2) is 4.98 Å². The van der Waals surface area contributed by atoms with Gasteiger partial charge in [-0.1, -0.05) is 12.1 Å². The number of aryl methyl sites for hydroxylation is 1. The molecule has 1 heterocycles. The number of benzene rings is 1. The zero-order valence-corrected chi connectivity index (χ0v) is 14.3. The predicted octanol–water partition coefficient (Wildman–Crippen LogP) is 3.02. The lowest BCUT2D eigenvalue weighted by atomic mass is 10.1. The normalized spacial score (nSPS) is 12.0. The van der Waals surface area contributed by atoms with Crippen molar-refractivity contribution in [2.24, 2.45) is 0 Å². The van der Waals surface area contributed by atoms with Crippen LogP contribution < -0.4 is 10.1 Å². The lowest BCUT2D eigenvalue weighted by Gasteiger charge is -2.26. The lowest BCUT2D eigenvalue weighted by molar-refractivity contribution is -0.385. The highest BCUT2D eigenvalue weighted by Crippen LogP contribution is 2.24. The molecule has 24 heavy (non-hydrogen) atoms. The Hall–Kier alpha value is -2.67. The molecule has 0 aliphatic heterocycles. The number of rotatable bonds is 7.